The van der Waals surface area contributed by atoms with Crippen LogP contribution in [-0.4, -0.2) is 36.4 Å². The van der Waals surface area contributed by atoms with E-state index in [0.29, 0.717) is 12.5 Å². The minimum atomic E-state index is 0.182. The fraction of sp³-hybridized carbons (Fsp3) is 0.368. The summed E-state index contributed by atoms with van der Waals surface area (Å²) >= 11 is 0. The molecule has 0 bridgehead atoms. The minimum absolute atomic E-state index is 0.182. The first-order valence-electron chi connectivity index (χ1n) is 8.35. The Kier molecular flexibility index (Phi) is 3.83. The molecule has 1 atom stereocenters. The highest BCUT2D eigenvalue weighted by atomic mass is 16.1. The molecule has 2 aromatic rings. The van der Waals surface area contributed by atoms with E-state index in [9.17, 15) is 4.79 Å². The van der Waals surface area contributed by atoms with Crippen molar-refractivity contribution >= 4 is 11.6 Å². The van der Waals surface area contributed by atoms with Gasteiger partial charge in [-0.2, -0.15) is 0 Å². The van der Waals surface area contributed by atoms with Crippen LogP contribution in [0.5, 0.6) is 0 Å². The van der Waals surface area contributed by atoms with Crippen LogP contribution in [0.25, 0.3) is 0 Å². The Balaban J connectivity index is 1.62. The van der Waals surface area contributed by atoms with Gasteiger partial charge in [0.15, 0.2) is 5.78 Å². The molecular formula is C19H21N3O. The van der Waals surface area contributed by atoms with Crippen molar-refractivity contribution in [2.75, 3.05) is 24.5 Å². The minimum Gasteiger partial charge on any atom is -0.351 e. The molecule has 2 aliphatic rings. The quantitative estimate of drug-likeness (QED) is 0.883. The molecule has 0 amide bonds. The zero-order valence-corrected chi connectivity index (χ0v) is 13.2. The lowest BCUT2D eigenvalue weighted by Gasteiger charge is -2.41. The second kappa shape index (κ2) is 6.13. The molecule has 0 radical (unpaired) electrons. The molecule has 2 aliphatic heterocycles. The molecule has 3 heterocycles. The van der Waals surface area contributed by atoms with E-state index in [1.807, 2.05) is 42.6 Å². The number of aromatic nitrogens is 1. The number of ketones is 1. The molecule has 23 heavy (non-hydrogen) atoms. The lowest BCUT2D eigenvalue weighted by molar-refractivity contribution is 0.0992. The number of anilines is 1. The maximum Gasteiger partial charge on any atom is 0.167 e. The lowest BCUT2D eigenvalue weighted by atomic mass is 9.91. The molecule has 1 N–H and O–H groups in total. The van der Waals surface area contributed by atoms with Gasteiger partial charge in [0, 0.05) is 43.9 Å². The molecule has 1 fully saturated rings. The van der Waals surface area contributed by atoms with Crippen LogP contribution in [-0.2, 0) is 12.8 Å². The number of rotatable bonds is 3. The Morgan fingerprint density at radius 3 is 3.00 bits per heavy atom. The molecule has 4 heteroatoms. The number of hydrogen-bond acceptors (Lipinski definition) is 4. The number of pyridine rings is 1. The molecule has 1 aromatic heterocycles. The first-order valence-corrected chi connectivity index (χ1v) is 8.35. The Morgan fingerprint density at radius 1 is 1.26 bits per heavy atom. The van der Waals surface area contributed by atoms with E-state index in [0.717, 1.165) is 49.4 Å². The van der Waals surface area contributed by atoms with Gasteiger partial charge in [0.05, 0.1) is 0 Å². The third kappa shape index (κ3) is 2.75. The highest BCUT2D eigenvalue weighted by Crippen LogP contribution is 2.32. The summed E-state index contributed by atoms with van der Waals surface area (Å²) in [6.07, 6.45) is 4.48. The van der Waals surface area contributed by atoms with E-state index in [1.54, 1.807) is 0 Å². The third-order valence-electron chi connectivity index (χ3n) is 4.93. The topological polar surface area (TPSA) is 45.2 Å². The summed E-state index contributed by atoms with van der Waals surface area (Å²) in [5.74, 6) is 1.28. The van der Waals surface area contributed by atoms with Crippen molar-refractivity contribution in [3.8, 4) is 0 Å². The fourth-order valence-electron chi connectivity index (χ4n) is 3.71. The molecule has 4 nitrogen and oxygen atoms in total. The van der Waals surface area contributed by atoms with Gasteiger partial charge in [-0.05, 0) is 30.0 Å². The molecule has 0 saturated carbocycles. The maximum absolute atomic E-state index is 12.5. The van der Waals surface area contributed by atoms with E-state index in [2.05, 4.69) is 15.2 Å². The Bertz CT molecular complexity index is 714. The van der Waals surface area contributed by atoms with Crippen LogP contribution in [0.3, 0.4) is 0 Å². The normalized spacial score (nSPS) is 19.8. The van der Waals surface area contributed by atoms with Crippen molar-refractivity contribution in [1.82, 2.24) is 10.3 Å². The van der Waals surface area contributed by atoms with Crippen molar-refractivity contribution in [3.63, 3.8) is 0 Å². The highest BCUT2D eigenvalue weighted by Gasteiger charge is 2.30. The summed E-state index contributed by atoms with van der Waals surface area (Å²) in [6.45, 7) is 3.04. The zero-order valence-electron chi connectivity index (χ0n) is 13.2. The van der Waals surface area contributed by atoms with Gasteiger partial charge < -0.3 is 10.2 Å². The summed E-state index contributed by atoms with van der Waals surface area (Å²) in [5.41, 5.74) is 3.20. The van der Waals surface area contributed by atoms with E-state index >= 15 is 0 Å². The Labute approximate surface area is 136 Å². The number of carbonyl (C=O) groups is 1. The summed E-state index contributed by atoms with van der Waals surface area (Å²) in [5, 5.41) is 3.46. The smallest absolute Gasteiger partial charge is 0.167 e. The molecule has 118 valence electrons. The first kappa shape index (κ1) is 14.4. The van der Waals surface area contributed by atoms with Crippen molar-refractivity contribution < 1.29 is 4.79 Å². The van der Waals surface area contributed by atoms with Crippen molar-refractivity contribution in [2.24, 2.45) is 0 Å². The van der Waals surface area contributed by atoms with Crippen molar-refractivity contribution in [2.45, 2.75) is 25.3 Å². The lowest BCUT2D eigenvalue weighted by Crippen LogP contribution is -2.53. The molecule has 0 aliphatic carbocycles. The van der Waals surface area contributed by atoms with Crippen molar-refractivity contribution in [3.05, 3.63) is 59.3 Å². The van der Waals surface area contributed by atoms with Crippen LogP contribution < -0.4 is 10.2 Å². The van der Waals surface area contributed by atoms with E-state index in [-0.39, 0.29) is 5.78 Å². The first-order chi connectivity index (χ1) is 11.3. The standard InChI is InChI=1S/C19H21N3O/c23-18(14-4-2-1-3-5-14)12-15-8-9-21-19-17(15)7-6-16-13-20-10-11-22(16)19/h1-5,8-9,16,20H,6-7,10-13H2/t16-/m1/s1. The van der Waals surface area contributed by atoms with E-state index < -0.39 is 0 Å². The summed E-state index contributed by atoms with van der Waals surface area (Å²) in [7, 11) is 0. The number of nitrogens with one attached hydrogen (secondary N) is 1. The molecule has 4 rings (SSSR count). The second-order valence-electron chi connectivity index (χ2n) is 6.33. The van der Waals surface area contributed by atoms with E-state index in [1.165, 1.54) is 5.56 Å². The molecule has 0 spiro atoms. The van der Waals surface area contributed by atoms with Crippen LogP contribution >= 0.6 is 0 Å². The summed E-state index contributed by atoms with van der Waals surface area (Å²) < 4.78 is 0. The number of carbonyl (C=O) groups excluding carboxylic acids is 1. The molecule has 1 saturated heterocycles. The van der Waals surface area contributed by atoms with Gasteiger partial charge in [-0.1, -0.05) is 30.3 Å². The number of piperazine rings is 1. The predicted molar refractivity (Wildman–Crippen MR) is 91.0 cm³/mol. The highest BCUT2D eigenvalue weighted by molar-refractivity contribution is 5.97. The van der Waals surface area contributed by atoms with Gasteiger partial charge in [0.25, 0.3) is 0 Å². The van der Waals surface area contributed by atoms with Crippen molar-refractivity contribution in [1.29, 1.82) is 0 Å². The van der Waals surface area contributed by atoms with Crippen LogP contribution in [0.15, 0.2) is 42.6 Å². The summed E-state index contributed by atoms with van der Waals surface area (Å²) in [6, 6.07) is 12.1. The van der Waals surface area contributed by atoms with Gasteiger partial charge >= 0.3 is 0 Å². The Hall–Kier alpha value is -2.20. The number of benzene rings is 1. The van der Waals surface area contributed by atoms with Crippen LogP contribution in [0, 0.1) is 0 Å². The molecular weight excluding hydrogens is 286 g/mol. The monoisotopic (exact) mass is 307 g/mol. The number of hydrogen-bond donors (Lipinski definition) is 1. The number of nitrogens with zero attached hydrogens (tertiary/aromatic N) is 2. The van der Waals surface area contributed by atoms with Gasteiger partial charge in [0.2, 0.25) is 0 Å². The maximum atomic E-state index is 12.5. The average Bonchev–Trinajstić information content (AvgIpc) is 2.62. The Morgan fingerprint density at radius 2 is 2.13 bits per heavy atom. The van der Waals surface area contributed by atoms with Crippen LogP contribution in [0.1, 0.15) is 27.9 Å². The van der Waals surface area contributed by atoms with Gasteiger partial charge in [0.1, 0.15) is 5.82 Å². The molecule has 0 unspecified atom stereocenters. The van der Waals surface area contributed by atoms with Crippen LogP contribution in [0.4, 0.5) is 5.82 Å². The largest absolute Gasteiger partial charge is 0.351 e. The van der Waals surface area contributed by atoms with Crippen LogP contribution in [0.2, 0.25) is 0 Å². The third-order valence-corrected chi connectivity index (χ3v) is 4.93. The van der Waals surface area contributed by atoms with Gasteiger partial charge in [-0.3, -0.25) is 4.79 Å². The predicted octanol–water partition coefficient (Wildman–Crippen LogP) is 2.23. The number of fused-ring (bicyclic) bond motifs is 3. The average molecular weight is 307 g/mol. The second-order valence-corrected chi connectivity index (χ2v) is 6.33. The fourth-order valence-corrected chi connectivity index (χ4v) is 3.71. The number of Topliss-reactive ketones (excluding diaryl/α,β-unsaturated/α-hetero) is 1. The summed E-state index contributed by atoms with van der Waals surface area (Å²) in [4.78, 5) is 19.6. The van der Waals surface area contributed by atoms with E-state index in [4.69, 9.17) is 0 Å². The zero-order chi connectivity index (χ0) is 15.6. The molecule has 1 aromatic carbocycles. The van der Waals surface area contributed by atoms with Gasteiger partial charge in [-0.25, -0.2) is 4.98 Å². The SMILES string of the molecule is O=C(Cc1ccnc2c1CC[C@@H]1CNCCN21)c1ccccc1. The van der Waals surface area contributed by atoms with Gasteiger partial charge in [-0.15, -0.1) is 0 Å².